The van der Waals surface area contributed by atoms with Crippen LogP contribution in [0.5, 0.6) is 0 Å². The molecule has 3 rings (SSSR count). The number of ether oxygens (including phenoxy) is 1. The lowest BCUT2D eigenvalue weighted by Gasteiger charge is -2.26. The van der Waals surface area contributed by atoms with Gasteiger partial charge in [-0.1, -0.05) is 29.4 Å². The van der Waals surface area contributed by atoms with Gasteiger partial charge in [-0.2, -0.15) is 4.31 Å². The number of amides is 1. The Morgan fingerprint density at radius 1 is 1.25 bits per heavy atom. The summed E-state index contributed by atoms with van der Waals surface area (Å²) < 4.78 is 33.6. The van der Waals surface area contributed by atoms with E-state index in [4.69, 9.17) is 16.3 Å². The molecule has 0 radical (unpaired) electrons. The van der Waals surface area contributed by atoms with Crippen LogP contribution in [0.15, 0.2) is 33.3 Å². The van der Waals surface area contributed by atoms with Crippen LogP contribution in [0.1, 0.15) is 31.9 Å². The molecule has 1 aliphatic heterocycles. The predicted octanol–water partition coefficient (Wildman–Crippen LogP) is 2.62. The van der Waals surface area contributed by atoms with E-state index in [1.807, 2.05) is 0 Å². The molecule has 0 saturated carbocycles. The summed E-state index contributed by atoms with van der Waals surface area (Å²) >= 11 is 7.12. The van der Waals surface area contributed by atoms with Gasteiger partial charge in [0.1, 0.15) is 6.54 Å². The second-order valence-corrected chi connectivity index (χ2v) is 10.6. The number of nitrogens with zero attached hydrogens (tertiary/aromatic N) is 2. The third kappa shape index (κ3) is 5.58. The zero-order valence-electron chi connectivity index (χ0n) is 17.7. The van der Waals surface area contributed by atoms with Gasteiger partial charge in [0.2, 0.25) is 10.0 Å². The molecule has 1 aliphatic rings. The molecule has 1 amide bonds. The average Bonchev–Trinajstić information content (AvgIpc) is 3.07. The second-order valence-electron chi connectivity index (χ2n) is 7.46. The van der Waals surface area contributed by atoms with Crippen molar-refractivity contribution in [1.29, 1.82) is 0 Å². The lowest BCUT2D eigenvalue weighted by molar-refractivity contribution is -0.153. The summed E-state index contributed by atoms with van der Waals surface area (Å²) in [5.74, 6) is -1.43. The molecule has 2 heterocycles. The number of rotatable bonds is 7. The number of halogens is 1. The van der Waals surface area contributed by atoms with Gasteiger partial charge in [-0.05, 0) is 44.9 Å². The third-order valence-corrected chi connectivity index (χ3v) is 8.19. The highest BCUT2D eigenvalue weighted by Crippen LogP contribution is 2.28. The number of anilines is 1. The van der Waals surface area contributed by atoms with Crippen LogP contribution >= 0.6 is 22.9 Å². The van der Waals surface area contributed by atoms with Crippen LogP contribution < -0.4 is 10.2 Å². The van der Waals surface area contributed by atoms with E-state index in [2.05, 4.69) is 5.32 Å². The number of esters is 1. The minimum absolute atomic E-state index is 0.0241. The number of piperidine rings is 1. The fourth-order valence-corrected chi connectivity index (χ4v) is 5.71. The Balaban J connectivity index is 1.68. The average molecular weight is 502 g/mol. The predicted molar refractivity (Wildman–Crippen MR) is 122 cm³/mol. The lowest BCUT2D eigenvalue weighted by atomic mass is 10.2. The lowest BCUT2D eigenvalue weighted by Crippen LogP contribution is -2.35. The van der Waals surface area contributed by atoms with E-state index in [0.29, 0.717) is 18.8 Å². The van der Waals surface area contributed by atoms with Crippen molar-refractivity contribution >= 4 is 50.5 Å². The molecular weight excluding hydrogens is 478 g/mol. The van der Waals surface area contributed by atoms with Crippen molar-refractivity contribution in [2.24, 2.45) is 0 Å². The summed E-state index contributed by atoms with van der Waals surface area (Å²) in [6.07, 6.45) is 1.41. The van der Waals surface area contributed by atoms with Crippen molar-refractivity contribution in [2.75, 3.05) is 18.4 Å². The van der Waals surface area contributed by atoms with Gasteiger partial charge < -0.3 is 10.1 Å². The number of hydrogen-bond acceptors (Lipinski definition) is 7. The summed E-state index contributed by atoms with van der Waals surface area (Å²) in [6, 6.07) is 4.09. The van der Waals surface area contributed by atoms with Crippen LogP contribution in [0.4, 0.5) is 5.69 Å². The summed E-state index contributed by atoms with van der Waals surface area (Å²) in [7, 11) is -3.71. The van der Waals surface area contributed by atoms with Crippen molar-refractivity contribution in [3.8, 4) is 0 Å². The molecular formula is C20H24ClN3O6S2. The molecule has 1 aromatic heterocycles. The molecule has 0 aliphatic carbocycles. The normalized spacial score (nSPS) is 15.8. The van der Waals surface area contributed by atoms with E-state index in [9.17, 15) is 22.8 Å². The smallest absolute Gasteiger partial charge is 0.326 e. The molecule has 1 fully saturated rings. The molecule has 0 spiro atoms. The van der Waals surface area contributed by atoms with Crippen LogP contribution in [0.3, 0.4) is 0 Å². The van der Waals surface area contributed by atoms with Crippen molar-refractivity contribution in [1.82, 2.24) is 8.87 Å². The van der Waals surface area contributed by atoms with E-state index in [-0.39, 0.29) is 27.0 Å². The number of carbonyl (C=O) groups is 2. The fraction of sp³-hybridized carbons (Fsp3) is 0.450. The first-order valence-electron chi connectivity index (χ1n) is 10.0. The molecule has 1 unspecified atom stereocenters. The van der Waals surface area contributed by atoms with E-state index in [1.165, 1.54) is 34.0 Å². The van der Waals surface area contributed by atoms with Gasteiger partial charge in [-0.25, -0.2) is 8.42 Å². The van der Waals surface area contributed by atoms with Gasteiger partial charge in [-0.15, -0.1) is 0 Å². The second kappa shape index (κ2) is 10.2. The number of nitrogens with one attached hydrogen (secondary N) is 1. The molecule has 2 aromatic rings. The number of carbonyl (C=O) groups excluding carboxylic acids is 2. The topological polar surface area (TPSA) is 115 Å². The maximum Gasteiger partial charge on any atom is 0.326 e. The highest BCUT2D eigenvalue weighted by molar-refractivity contribution is 7.89. The Morgan fingerprint density at radius 2 is 1.94 bits per heavy atom. The number of thiazole rings is 1. The summed E-state index contributed by atoms with van der Waals surface area (Å²) in [5, 5.41) is 4.29. The van der Waals surface area contributed by atoms with Gasteiger partial charge in [-0.3, -0.25) is 19.0 Å². The minimum Gasteiger partial charge on any atom is -0.451 e. The summed E-state index contributed by atoms with van der Waals surface area (Å²) in [4.78, 5) is 36.1. The molecule has 9 nitrogen and oxygen atoms in total. The first-order valence-corrected chi connectivity index (χ1v) is 12.7. The Kier molecular flexibility index (Phi) is 7.75. The van der Waals surface area contributed by atoms with Gasteiger partial charge in [0.25, 0.3) is 5.91 Å². The number of benzene rings is 1. The number of sulfonamides is 1. The molecule has 174 valence electrons. The quantitative estimate of drug-likeness (QED) is 0.583. The van der Waals surface area contributed by atoms with Crippen molar-refractivity contribution in [3.63, 3.8) is 0 Å². The van der Waals surface area contributed by atoms with Crippen molar-refractivity contribution in [3.05, 3.63) is 44.0 Å². The van der Waals surface area contributed by atoms with Crippen LogP contribution in [-0.4, -0.2) is 48.4 Å². The van der Waals surface area contributed by atoms with Crippen LogP contribution in [0, 0.1) is 6.92 Å². The monoisotopic (exact) mass is 501 g/mol. The summed E-state index contributed by atoms with van der Waals surface area (Å²) in [6.45, 7) is 3.65. The van der Waals surface area contributed by atoms with E-state index >= 15 is 0 Å². The first-order chi connectivity index (χ1) is 15.1. The maximum absolute atomic E-state index is 12.9. The Labute approximate surface area is 195 Å². The highest BCUT2D eigenvalue weighted by Gasteiger charge is 2.27. The van der Waals surface area contributed by atoms with Crippen LogP contribution in [0.25, 0.3) is 0 Å². The number of aromatic nitrogens is 1. The zero-order chi connectivity index (χ0) is 23.5. The number of hydrogen-bond donors (Lipinski definition) is 1. The van der Waals surface area contributed by atoms with Gasteiger partial charge in [0.15, 0.2) is 6.10 Å². The van der Waals surface area contributed by atoms with Gasteiger partial charge in [0.05, 0.1) is 15.6 Å². The molecule has 12 heteroatoms. The Hall–Kier alpha value is -2.21. The third-order valence-electron chi connectivity index (χ3n) is 5.09. The zero-order valence-corrected chi connectivity index (χ0v) is 20.1. The molecule has 32 heavy (non-hydrogen) atoms. The molecule has 1 saturated heterocycles. The van der Waals surface area contributed by atoms with Crippen LogP contribution in [-0.2, 0) is 30.9 Å². The fourth-order valence-electron chi connectivity index (χ4n) is 3.26. The minimum atomic E-state index is -3.71. The first kappa shape index (κ1) is 24.4. The van der Waals surface area contributed by atoms with E-state index in [0.717, 1.165) is 30.6 Å². The maximum atomic E-state index is 12.9. The molecule has 0 bridgehead atoms. The van der Waals surface area contributed by atoms with Crippen LogP contribution in [0.2, 0.25) is 5.02 Å². The standard InChI is InChI=1S/C20H24ClN3O6S2/c1-13-12-31-20(27)24(13)11-18(25)30-14(2)19(26)22-17-10-15(6-7-16(17)21)32(28,29)23-8-4-3-5-9-23/h6-7,10,12,14H,3-5,8-9,11H2,1-2H3,(H,22,26). The highest BCUT2D eigenvalue weighted by atomic mass is 35.5. The van der Waals surface area contributed by atoms with Crippen molar-refractivity contribution in [2.45, 2.75) is 50.7 Å². The molecule has 1 aromatic carbocycles. The summed E-state index contributed by atoms with van der Waals surface area (Å²) in [5.41, 5.74) is 0.718. The van der Waals surface area contributed by atoms with Gasteiger partial charge in [0, 0.05) is 24.2 Å². The Bertz CT molecular complexity index is 1170. The van der Waals surface area contributed by atoms with E-state index in [1.54, 1.807) is 12.3 Å². The Morgan fingerprint density at radius 3 is 2.56 bits per heavy atom. The molecule has 1 atom stereocenters. The van der Waals surface area contributed by atoms with Crippen molar-refractivity contribution < 1.29 is 22.7 Å². The number of aryl methyl sites for hydroxylation is 1. The van der Waals surface area contributed by atoms with E-state index < -0.39 is 28.0 Å². The SMILES string of the molecule is Cc1csc(=O)n1CC(=O)OC(C)C(=O)Nc1cc(S(=O)(=O)N2CCCCC2)ccc1Cl. The van der Waals surface area contributed by atoms with Gasteiger partial charge >= 0.3 is 10.8 Å². The largest absolute Gasteiger partial charge is 0.451 e. The molecule has 1 N–H and O–H groups in total.